The van der Waals surface area contributed by atoms with Gasteiger partial charge in [0.05, 0.1) is 109 Å². The smallest absolute Gasteiger partial charge is 0.283 e. The summed E-state index contributed by atoms with van der Waals surface area (Å²) in [6.45, 7) is 37.5. The van der Waals surface area contributed by atoms with Crippen molar-refractivity contribution in [3.8, 4) is 68.0 Å². The number of piperazine rings is 3. The quantitative estimate of drug-likeness (QED) is 0.0500. The molecule has 1 saturated carbocycles. The van der Waals surface area contributed by atoms with Gasteiger partial charge in [-0.3, -0.25) is 71.8 Å². The fourth-order valence-corrected chi connectivity index (χ4v) is 22.3. The van der Waals surface area contributed by atoms with E-state index in [1.807, 2.05) is 119 Å². The number of fused-ring (bicyclic) bond motifs is 15. The van der Waals surface area contributed by atoms with Crippen LogP contribution in [0.15, 0.2) is 162 Å². The molecule has 4 aromatic carbocycles. The van der Waals surface area contributed by atoms with Crippen LogP contribution in [-0.4, -0.2) is 250 Å². The molecule has 6 atom stereocenters. The van der Waals surface area contributed by atoms with Gasteiger partial charge in [-0.1, -0.05) is 110 Å². The molecule has 148 heavy (non-hydrogen) atoms. The van der Waals surface area contributed by atoms with Crippen LogP contribution in [0.3, 0.4) is 0 Å². The molecule has 38 heteroatoms. The van der Waals surface area contributed by atoms with E-state index in [2.05, 4.69) is 46.6 Å². The van der Waals surface area contributed by atoms with Crippen LogP contribution in [0.1, 0.15) is 134 Å². The number of amides is 6. The van der Waals surface area contributed by atoms with Crippen LogP contribution in [0.2, 0.25) is 10.0 Å². The normalized spacial score (nSPS) is 19.0. The van der Waals surface area contributed by atoms with Gasteiger partial charge in [-0.2, -0.15) is 0 Å². The summed E-state index contributed by atoms with van der Waals surface area (Å²) in [7, 11) is 7.45. The van der Waals surface area contributed by atoms with Crippen molar-refractivity contribution >= 4 is 126 Å². The van der Waals surface area contributed by atoms with Gasteiger partial charge in [0.2, 0.25) is 17.7 Å². The highest BCUT2D eigenvalue weighted by Gasteiger charge is 2.54. The largest absolute Gasteiger partial charge is 0.507 e. The van der Waals surface area contributed by atoms with Gasteiger partial charge < -0.3 is 69.2 Å². The van der Waals surface area contributed by atoms with Gasteiger partial charge in [-0.05, 0) is 214 Å². The lowest BCUT2D eigenvalue weighted by atomic mass is 9.79. The lowest BCUT2D eigenvalue weighted by Crippen LogP contribution is -2.68. The number of carbonyl (C=O) groups excluding carboxylic acids is 6. The summed E-state index contributed by atoms with van der Waals surface area (Å²) in [6, 6.07) is 16.7. The second kappa shape index (κ2) is 40.8. The predicted molar refractivity (Wildman–Crippen MR) is 564 cm³/mol. The molecule has 4 fully saturated rings. The summed E-state index contributed by atoms with van der Waals surface area (Å²) in [6.07, 6.45) is 9.90. The number of nitrogens with zero attached hydrogens (tertiary/aromatic N) is 19. The Morgan fingerprint density at radius 3 is 1.16 bits per heavy atom. The fourth-order valence-electron chi connectivity index (χ4n) is 21.7. The third-order valence-corrected chi connectivity index (χ3v) is 29.6. The van der Waals surface area contributed by atoms with E-state index in [9.17, 15) is 44.1 Å². The number of hydrogen-bond acceptors (Lipinski definition) is 22. The number of benzene rings is 4. The van der Waals surface area contributed by atoms with Crippen molar-refractivity contribution < 1.29 is 66.0 Å². The van der Waals surface area contributed by atoms with Crippen molar-refractivity contribution in [1.82, 2.24) is 63.1 Å². The number of phenolic OH excluding ortho intramolecular Hbond substituents is 3. The zero-order valence-corrected chi connectivity index (χ0v) is 86.8. The average molecular weight is 2060 g/mol. The highest BCUT2D eigenvalue weighted by molar-refractivity contribution is 6.35. The maximum absolute atomic E-state index is 17.6. The van der Waals surface area contributed by atoms with Gasteiger partial charge in [-0.25, -0.2) is 31.9 Å². The molecule has 0 spiro atoms. The van der Waals surface area contributed by atoms with Gasteiger partial charge in [0.15, 0.2) is 22.9 Å². The number of aromatic hydroxyl groups is 3. The topological polar surface area (TPSA) is 329 Å². The van der Waals surface area contributed by atoms with E-state index >= 15 is 36.3 Å². The molecule has 6 amide bonds. The minimum absolute atomic E-state index is 0.00119. The number of carbonyl (C=O) groups is 6. The second-order valence-corrected chi connectivity index (χ2v) is 41.3. The molecule has 8 aromatic heterocycles. The molecular weight excluding hydrogens is 1950 g/mol. The average Bonchev–Trinajstić information content (AvgIpc) is 0.696. The SMILES string of the molecule is C=CC(=O)N1CC2C(=O)N(C3CC(C)C3)c3c(c4cc(Cl)c(-c5c(O)cccc5F)c(F)c4n(-c4c(C)ccnc4C(C)C)c3=O)N2CC1C.C=CC(=O)N1CC2C(=O)N(CCN(C)C)c3c(c4cc(Cl)c(-c5c(O)cccc5F)nc4n(-c4c(C)ccnc4C(C)C)c3=O)N2CC1C.C=CC(=O)N1CC2C(=O)N(CCN(C)C)c3c(c4cc(F)c(-c5c(O)cccc5F)nc4n(-c4c(C)ccnc4C(C)C)c3=O)N2CC1C. The molecule has 7 aliphatic rings. The van der Waals surface area contributed by atoms with E-state index in [0.29, 0.717) is 99.6 Å². The van der Waals surface area contributed by atoms with Gasteiger partial charge in [-0.15, -0.1) is 0 Å². The first-order chi connectivity index (χ1) is 70.3. The number of pyridine rings is 8. The molecule has 0 radical (unpaired) electrons. The molecule has 31 nitrogen and oxygen atoms in total. The highest BCUT2D eigenvalue weighted by atomic mass is 35.5. The van der Waals surface area contributed by atoms with E-state index in [0.717, 1.165) is 17.7 Å². The zero-order chi connectivity index (χ0) is 107. The molecule has 6 aliphatic heterocycles. The standard InChI is InChI=1S/C38H38ClF2N5O4.C36H39ClFN7O4.C36H39F2N7O4/c1-7-28(48)43-17-26-37(49)45(22-13-19(4)14-22)36-35(44(26)16-21(43)6)23-15-24(39)29(30-25(40)9-8-10-27(30)47)31(41)34(23)46(38(36)50)33-20(5)11-12-42-32(33)18(2)3;1-8-27(47)43-18-25-35(48)42(15-14-41(6)7)33-32(44(25)17-21(43)5)22-16-23(37)30(28-24(38)10-9-11-26(28)46)40-34(22)45(36(33)49)31-20(4)12-13-39-29(31)19(2)3;1-8-27(47)43-18-25-35(48)42(15-14-41(6)7)33-32(44(25)17-21(43)5)22-16-24(38)30(28-23(37)10-9-11-26(28)46)40-34(22)45(36(33)49)31-20(4)12-13-39-29(31)19(2)3/h7-12,15,18-19,21-22,26,47H,1,13-14,16-17H2,2-6H3;2*8-13,16,19,21,25,46H,1,14-15,17-18H2,2-7H3. The molecule has 3 N–H and O–H groups in total. The number of anilines is 6. The molecule has 14 heterocycles. The summed E-state index contributed by atoms with van der Waals surface area (Å²) < 4.78 is 84.0. The van der Waals surface area contributed by atoms with Crippen molar-refractivity contribution in [3.63, 3.8) is 0 Å². The number of aryl methyl sites for hydroxylation is 3. The number of likely N-dealkylation sites (N-methyl/N-ethyl adjacent to an activating group) is 2. The van der Waals surface area contributed by atoms with Crippen molar-refractivity contribution in [2.45, 2.75) is 163 Å². The van der Waals surface area contributed by atoms with Gasteiger partial charge in [0, 0.05) is 110 Å². The number of aromatic nitrogens is 8. The molecule has 1 aliphatic carbocycles. The first kappa shape index (κ1) is 105. The summed E-state index contributed by atoms with van der Waals surface area (Å²) >= 11 is 13.8. The molecule has 0 bridgehead atoms. The first-order valence-electron chi connectivity index (χ1n) is 49.1. The lowest BCUT2D eigenvalue weighted by molar-refractivity contribution is -0.132. The van der Waals surface area contributed by atoms with E-state index in [-0.39, 0.29) is 189 Å². The minimum atomic E-state index is -1.02. The number of halogens is 7. The van der Waals surface area contributed by atoms with Crippen LogP contribution in [0.4, 0.5) is 56.1 Å². The summed E-state index contributed by atoms with van der Waals surface area (Å²) in [4.78, 5) is 170. The van der Waals surface area contributed by atoms with Crippen molar-refractivity contribution in [2.24, 2.45) is 5.92 Å². The van der Waals surface area contributed by atoms with Crippen LogP contribution in [0.5, 0.6) is 17.2 Å². The van der Waals surface area contributed by atoms with Crippen molar-refractivity contribution in [1.29, 1.82) is 0 Å². The number of phenols is 3. The van der Waals surface area contributed by atoms with E-state index < -0.39 is 110 Å². The minimum Gasteiger partial charge on any atom is -0.507 e. The van der Waals surface area contributed by atoms with Crippen molar-refractivity contribution in [3.05, 3.63) is 252 Å². The third-order valence-electron chi connectivity index (χ3n) is 29.0. The molecule has 19 rings (SSSR count). The van der Waals surface area contributed by atoms with Crippen LogP contribution in [-0.2, 0) is 28.8 Å². The number of hydrogen-bond donors (Lipinski definition) is 3. The van der Waals surface area contributed by atoms with Crippen LogP contribution >= 0.6 is 23.2 Å². The van der Waals surface area contributed by atoms with Crippen molar-refractivity contribution in [2.75, 3.05) is 123 Å². The Hall–Kier alpha value is -14.8. The molecular formula is C110H116Cl2F5N19O12. The summed E-state index contributed by atoms with van der Waals surface area (Å²) in [5, 5.41) is 32.9. The first-order valence-corrected chi connectivity index (χ1v) is 49.9. The number of rotatable bonds is 19. The second-order valence-electron chi connectivity index (χ2n) is 40.4. The monoisotopic (exact) mass is 2060 g/mol. The van der Waals surface area contributed by atoms with E-state index in [1.165, 1.54) is 96.3 Å². The third kappa shape index (κ3) is 17.8. The Labute approximate surface area is 861 Å². The Bertz CT molecular complexity index is 7400. The Kier molecular flexibility index (Phi) is 28.9. The fraction of sp³-hybridized carbons (Fsp3) is 0.364. The van der Waals surface area contributed by atoms with Gasteiger partial charge in [0.1, 0.15) is 75.6 Å². The summed E-state index contributed by atoms with van der Waals surface area (Å²) in [5.74, 6) is -7.99. The van der Waals surface area contributed by atoms with E-state index in [1.54, 1.807) is 79.2 Å². The molecule has 6 unspecified atom stereocenters. The van der Waals surface area contributed by atoms with Gasteiger partial charge in [0.25, 0.3) is 34.4 Å². The highest BCUT2D eigenvalue weighted by Crippen LogP contribution is 2.53. The maximum Gasteiger partial charge on any atom is 0.283 e. The molecule has 12 aromatic rings. The Morgan fingerprint density at radius 1 is 0.432 bits per heavy atom. The zero-order valence-electron chi connectivity index (χ0n) is 85.2. The van der Waals surface area contributed by atoms with Crippen LogP contribution in [0.25, 0.3) is 83.7 Å². The van der Waals surface area contributed by atoms with E-state index in [4.69, 9.17) is 28.2 Å². The summed E-state index contributed by atoms with van der Waals surface area (Å²) in [5.41, 5.74) is 2.55. The van der Waals surface area contributed by atoms with Crippen LogP contribution in [0, 0.1) is 55.8 Å². The predicted octanol–water partition coefficient (Wildman–Crippen LogP) is 16.1. The van der Waals surface area contributed by atoms with Gasteiger partial charge >= 0.3 is 0 Å². The Balaban J connectivity index is 0.000000151. The Morgan fingerprint density at radius 2 is 0.784 bits per heavy atom. The molecule has 772 valence electrons. The van der Waals surface area contributed by atoms with Crippen LogP contribution < -0.4 is 46.1 Å². The lowest BCUT2D eigenvalue weighted by Gasteiger charge is -2.53. The molecule has 3 saturated heterocycles. The maximum atomic E-state index is 17.6.